The van der Waals surface area contributed by atoms with Gasteiger partial charge in [0.25, 0.3) is 0 Å². The third-order valence-corrected chi connectivity index (χ3v) is 7.83. The summed E-state index contributed by atoms with van der Waals surface area (Å²) in [7, 11) is 1.51. The Balaban J connectivity index is 1.17. The largest absolute Gasteiger partial charge is 0.467 e. The number of rotatable bonds is 9. The lowest BCUT2D eigenvalue weighted by atomic mass is 9.90. The van der Waals surface area contributed by atoms with Crippen LogP contribution in [0.2, 0.25) is 5.02 Å². The molecule has 5 heterocycles. The summed E-state index contributed by atoms with van der Waals surface area (Å²) in [5.41, 5.74) is 3.29. The van der Waals surface area contributed by atoms with Gasteiger partial charge in [0.15, 0.2) is 0 Å². The van der Waals surface area contributed by atoms with Crippen molar-refractivity contribution in [3.63, 3.8) is 0 Å². The highest BCUT2D eigenvalue weighted by atomic mass is 35.5. The lowest BCUT2D eigenvalue weighted by Gasteiger charge is -2.36. The number of anilines is 2. The molecule has 0 bridgehead atoms. The van der Waals surface area contributed by atoms with Crippen LogP contribution in [0.25, 0.3) is 22.5 Å². The quantitative estimate of drug-likeness (QED) is 0.215. The van der Waals surface area contributed by atoms with Gasteiger partial charge in [0.2, 0.25) is 5.95 Å². The van der Waals surface area contributed by atoms with Crippen LogP contribution in [0.1, 0.15) is 36.9 Å². The number of aromatic nitrogens is 8. The van der Waals surface area contributed by atoms with Gasteiger partial charge in [-0.25, -0.2) is 29.7 Å². The van der Waals surface area contributed by atoms with Gasteiger partial charge in [0.05, 0.1) is 35.8 Å². The van der Waals surface area contributed by atoms with Gasteiger partial charge in [0.1, 0.15) is 29.9 Å². The molecule has 0 atom stereocenters. The molecule has 14 nitrogen and oxygen atoms in total. The maximum Gasteiger partial charge on any atom is 0.416 e. The van der Waals surface area contributed by atoms with Crippen molar-refractivity contribution in [1.29, 1.82) is 5.26 Å². The van der Waals surface area contributed by atoms with Crippen molar-refractivity contribution < 1.29 is 14.3 Å². The number of hydrogen-bond acceptors (Lipinski definition) is 12. The first-order valence-electron chi connectivity index (χ1n) is 14.4. The van der Waals surface area contributed by atoms with Crippen LogP contribution >= 0.6 is 11.6 Å². The van der Waals surface area contributed by atoms with Crippen LogP contribution in [-0.2, 0) is 11.3 Å². The topological polar surface area (TPSA) is 181 Å². The molecule has 0 aliphatic heterocycles. The Hall–Kier alpha value is -5.68. The summed E-state index contributed by atoms with van der Waals surface area (Å²) in [6.07, 6.45) is 11.8. The number of carbonyl (C=O) groups excluding carboxylic acids is 1. The minimum atomic E-state index is -0.508. The fourth-order valence-electron chi connectivity index (χ4n) is 5.21. The second kappa shape index (κ2) is 14.0. The summed E-state index contributed by atoms with van der Waals surface area (Å²) in [4.78, 5) is 41.3. The number of amides is 1. The fraction of sp³-hybridized carbons (Fsp3) is 0.258. The minimum Gasteiger partial charge on any atom is -0.467 e. The molecule has 0 radical (unpaired) electrons. The average Bonchev–Trinajstić information content (AvgIpc) is 3.54. The molecule has 15 heteroatoms. The summed E-state index contributed by atoms with van der Waals surface area (Å²) in [5.74, 6) is 0.839. The van der Waals surface area contributed by atoms with Crippen molar-refractivity contribution >= 4 is 29.5 Å². The van der Waals surface area contributed by atoms with Crippen LogP contribution in [0.4, 0.5) is 16.6 Å². The van der Waals surface area contributed by atoms with E-state index >= 15 is 0 Å². The molecule has 0 unspecified atom stereocenters. The van der Waals surface area contributed by atoms with Crippen molar-refractivity contribution in [2.45, 2.75) is 44.4 Å². The number of nitrogens with one attached hydrogen (secondary N) is 2. The van der Waals surface area contributed by atoms with Gasteiger partial charge in [-0.15, -0.1) is 0 Å². The van der Waals surface area contributed by atoms with E-state index in [-0.39, 0.29) is 30.3 Å². The van der Waals surface area contributed by atoms with Crippen molar-refractivity contribution in [1.82, 2.24) is 40.1 Å². The molecule has 1 aliphatic carbocycles. The van der Waals surface area contributed by atoms with Crippen molar-refractivity contribution in [2.75, 3.05) is 17.3 Å². The Bertz CT molecular complexity index is 1820. The number of aromatic amines is 1. The van der Waals surface area contributed by atoms with Gasteiger partial charge in [-0.1, -0.05) is 17.7 Å². The molecular weight excluding hydrogens is 610 g/mol. The molecule has 1 saturated carbocycles. The highest BCUT2D eigenvalue weighted by molar-refractivity contribution is 6.32. The number of pyridine rings is 2. The van der Waals surface area contributed by atoms with Crippen LogP contribution < -0.4 is 15.0 Å². The highest BCUT2D eigenvalue weighted by Gasteiger charge is 2.32. The summed E-state index contributed by atoms with van der Waals surface area (Å²) in [6.45, 7) is 0.0348. The minimum absolute atomic E-state index is 0.0334. The predicted molar refractivity (Wildman–Crippen MR) is 168 cm³/mol. The van der Waals surface area contributed by atoms with E-state index in [1.165, 1.54) is 19.5 Å². The lowest BCUT2D eigenvalue weighted by Crippen LogP contribution is -2.45. The van der Waals surface area contributed by atoms with Gasteiger partial charge in [-0.3, -0.25) is 15.0 Å². The maximum atomic E-state index is 13.6. The van der Waals surface area contributed by atoms with Crippen LogP contribution in [0.3, 0.4) is 0 Å². The Kier molecular flexibility index (Phi) is 9.21. The summed E-state index contributed by atoms with van der Waals surface area (Å²) >= 11 is 6.23. The van der Waals surface area contributed by atoms with E-state index in [0.29, 0.717) is 46.7 Å². The van der Waals surface area contributed by atoms with Crippen molar-refractivity contribution in [2.24, 2.45) is 0 Å². The Morgan fingerprint density at radius 2 is 1.83 bits per heavy atom. The molecule has 0 saturated heterocycles. The van der Waals surface area contributed by atoms with E-state index in [2.05, 4.69) is 51.5 Å². The van der Waals surface area contributed by atoms with E-state index in [4.69, 9.17) is 21.1 Å². The Morgan fingerprint density at radius 3 is 2.48 bits per heavy atom. The van der Waals surface area contributed by atoms with Gasteiger partial charge in [-0.2, -0.15) is 10.4 Å². The maximum absolute atomic E-state index is 13.6. The van der Waals surface area contributed by atoms with Crippen LogP contribution in [0.5, 0.6) is 6.01 Å². The van der Waals surface area contributed by atoms with E-state index < -0.39 is 6.09 Å². The Morgan fingerprint density at radius 1 is 1.02 bits per heavy atom. The highest BCUT2D eigenvalue weighted by Crippen LogP contribution is 2.31. The monoisotopic (exact) mass is 637 g/mol. The zero-order valence-corrected chi connectivity index (χ0v) is 25.4. The molecule has 2 N–H and O–H groups in total. The number of carbonyl (C=O) groups is 1. The second-order valence-electron chi connectivity index (χ2n) is 10.4. The third kappa shape index (κ3) is 6.84. The van der Waals surface area contributed by atoms with Crippen molar-refractivity contribution in [3.8, 4) is 34.6 Å². The zero-order chi connectivity index (χ0) is 31.9. The molecular formula is C31H28ClN11O3. The van der Waals surface area contributed by atoms with Gasteiger partial charge in [0, 0.05) is 48.0 Å². The molecule has 46 heavy (non-hydrogen) atoms. The molecule has 1 fully saturated rings. The number of ether oxygens (including phenoxy) is 2. The molecule has 0 spiro atoms. The van der Waals surface area contributed by atoms with E-state index in [1.807, 2.05) is 12.1 Å². The zero-order valence-electron chi connectivity index (χ0n) is 24.7. The van der Waals surface area contributed by atoms with Crippen LogP contribution in [-0.4, -0.2) is 65.4 Å². The number of methoxy groups -OCH3 is 1. The second-order valence-corrected chi connectivity index (χ2v) is 10.8. The van der Waals surface area contributed by atoms with E-state index in [1.54, 1.807) is 47.9 Å². The molecule has 232 valence electrons. The number of nitrogens with zero attached hydrogens (tertiary/aromatic N) is 9. The average molecular weight is 638 g/mol. The predicted octanol–water partition coefficient (Wildman–Crippen LogP) is 5.21. The van der Waals surface area contributed by atoms with Gasteiger partial charge in [-0.05, 0) is 49.9 Å². The van der Waals surface area contributed by atoms with Crippen LogP contribution in [0.15, 0.2) is 67.5 Å². The smallest absolute Gasteiger partial charge is 0.416 e. The van der Waals surface area contributed by atoms with Crippen LogP contribution in [0, 0.1) is 11.3 Å². The summed E-state index contributed by atoms with van der Waals surface area (Å²) in [5, 5.41) is 20.0. The molecule has 0 aromatic carbocycles. The first kappa shape index (κ1) is 30.4. The number of nitriles is 1. The Labute approximate surface area is 268 Å². The fourth-order valence-corrected chi connectivity index (χ4v) is 5.39. The number of H-pyrrole nitrogens is 1. The SMILES string of the molecule is COc1ncc(-c2ccc(N(C(=O)OCc3ccccn3)C3CCC(Nc4ncc(C#N)c(-c5[nH]ncc5Cl)n4)CC3)nc2)cn1. The normalized spacial score (nSPS) is 15.8. The standard InChI is InChI=1S/C31H28ClN11O3/c1-45-30-37-15-21(16-38-30)19-5-10-26(35-13-19)43(31(44)46-18-23-4-2-3-11-34-23)24-8-6-22(7-9-24)40-29-36-14-20(12-33)27(41-29)28-25(32)17-39-42-28/h2-5,10-11,13-17,22,24H,6-9,18H2,1H3,(H,39,42)(H,36,40,41). The first-order chi connectivity index (χ1) is 22.5. The van der Waals surface area contributed by atoms with Gasteiger partial charge < -0.3 is 14.8 Å². The van der Waals surface area contributed by atoms with Crippen molar-refractivity contribution in [3.05, 3.63) is 83.8 Å². The molecule has 1 aliphatic rings. The third-order valence-electron chi connectivity index (χ3n) is 7.54. The summed E-state index contributed by atoms with van der Waals surface area (Å²) in [6, 6.07) is 11.3. The lowest BCUT2D eigenvalue weighted by molar-refractivity contribution is 0.141. The van der Waals surface area contributed by atoms with E-state index in [0.717, 1.165) is 24.0 Å². The first-order valence-corrected chi connectivity index (χ1v) is 14.8. The molecule has 6 rings (SSSR count). The molecule has 5 aromatic rings. The summed E-state index contributed by atoms with van der Waals surface area (Å²) < 4.78 is 10.8. The molecule has 5 aromatic heterocycles. The van der Waals surface area contributed by atoms with E-state index in [9.17, 15) is 10.1 Å². The van der Waals surface area contributed by atoms with Gasteiger partial charge >= 0.3 is 12.1 Å². The number of halogens is 1. The molecule has 1 amide bonds. The number of hydrogen-bond donors (Lipinski definition) is 2.